The number of Topliss-reactive ketones (excluding diaryl/α,β-unsaturated/α-hetero) is 1. The highest BCUT2D eigenvalue weighted by molar-refractivity contribution is 6.39. The summed E-state index contributed by atoms with van der Waals surface area (Å²) < 4.78 is 10.6. The van der Waals surface area contributed by atoms with Crippen molar-refractivity contribution in [3.8, 4) is 0 Å². The highest BCUT2D eigenvalue weighted by Gasteiger charge is 2.35. The second-order valence-corrected chi connectivity index (χ2v) is 10.7. The molecule has 38 heavy (non-hydrogen) atoms. The summed E-state index contributed by atoms with van der Waals surface area (Å²) in [5.41, 5.74) is -0.0757. The zero-order valence-corrected chi connectivity index (χ0v) is 22.9. The van der Waals surface area contributed by atoms with Crippen LogP contribution in [0.1, 0.15) is 56.3 Å². The molecule has 2 aliphatic heterocycles. The topological polar surface area (TPSA) is 140 Å². The summed E-state index contributed by atoms with van der Waals surface area (Å²) >= 11 is 12.1. The van der Waals surface area contributed by atoms with Gasteiger partial charge in [0.1, 0.15) is 12.1 Å². The lowest BCUT2D eigenvalue weighted by atomic mass is 9.95. The first-order chi connectivity index (χ1) is 18.1. The van der Waals surface area contributed by atoms with Gasteiger partial charge in [-0.1, -0.05) is 43.1 Å². The molecule has 2 aliphatic rings. The number of halogens is 2. The molecule has 208 valence electrons. The molecule has 3 N–H and O–H groups in total. The van der Waals surface area contributed by atoms with Gasteiger partial charge >= 0.3 is 5.97 Å². The van der Waals surface area contributed by atoms with Crippen LogP contribution in [0.4, 0.5) is 0 Å². The average molecular weight is 570 g/mol. The van der Waals surface area contributed by atoms with Gasteiger partial charge in [0.25, 0.3) is 0 Å². The average Bonchev–Trinajstić information content (AvgIpc) is 3.53. The second kappa shape index (κ2) is 13.9. The third-order valence-electron chi connectivity index (χ3n) is 6.46. The van der Waals surface area contributed by atoms with Crippen LogP contribution in [0.3, 0.4) is 0 Å². The molecule has 1 aromatic carbocycles. The number of esters is 1. The fourth-order valence-electron chi connectivity index (χ4n) is 4.45. The maximum atomic E-state index is 13.3. The highest BCUT2D eigenvalue weighted by atomic mass is 35.5. The zero-order valence-electron chi connectivity index (χ0n) is 21.4. The minimum atomic E-state index is -1.12. The molecule has 4 atom stereocenters. The van der Waals surface area contributed by atoms with Crippen molar-refractivity contribution in [1.29, 1.82) is 0 Å². The van der Waals surface area contributed by atoms with E-state index in [0.29, 0.717) is 32.4 Å². The lowest BCUT2D eigenvalue weighted by Gasteiger charge is -2.25. The lowest BCUT2D eigenvalue weighted by Crippen LogP contribution is -2.54. The Balaban J connectivity index is 1.71. The Kier molecular flexibility index (Phi) is 10.9. The van der Waals surface area contributed by atoms with E-state index in [1.165, 1.54) is 12.1 Å². The molecule has 0 radical (unpaired) electrons. The van der Waals surface area contributed by atoms with Gasteiger partial charge in [-0.15, -0.1) is 0 Å². The number of ketones is 1. The van der Waals surface area contributed by atoms with Crippen molar-refractivity contribution in [1.82, 2.24) is 16.0 Å². The number of carbonyl (C=O) groups is 5. The number of hydrogen-bond donors (Lipinski definition) is 3. The zero-order chi connectivity index (χ0) is 27.8. The summed E-state index contributed by atoms with van der Waals surface area (Å²) in [7, 11) is 0. The molecule has 12 heteroatoms. The molecular weight excluding hydrogens is 537 g/mol. The van der Waals surface area contributed by atoms with Crippen molar-refractivity contribution in [2.45, 2.75) is 64.1 Å². The summed E-state index contributed by atoms with van der Waals surface area (Å²) in [6.07, 6.45) is 1.56. The van der Waals surface area contributed by atoms with Crippen LogP contribution in [-0.2, 0) is 28.7 Å². The molecule has 10 nitrogen and oxygen atoms in total. The fraction of sp³-hybridized carbons (Fsp3) is 0.577. The molecular formula is C26H33Cl2N3O7. The van der Waals surface area contributed by atoms with Gasteiger partial charge in [0.2, 0.25) is 17.7 Å². The highest BCUT2D eigenvalue weighted by Crippen LogP contribution is 2.25. The van der Waals surface area contributed by atoms with Gasteiger partial charge in [-0.3, -0.25) is 19.2 Å². The molecule has 0 aromatic heterocycles. The Hall–Kier alpha value is -2.69. The predicted molar refractivity (Wildman–Crippen MR) is 140 cm³/mol. The van der Waals surface area contributed by atoms with Crippen molar-refractivity contribution < 1.29 is 33.4 Å². The van der Waals surface area contributed by atoms with Crippen molar-refractivity contribution in [3.05, 3.63) is 33.8 Å². The van der Waals surface area contributed by atoms with Crippen molar-refractivity contribution in [3.63, 3.8) is 0 Å². The molecule has 1 aromatic rings. The van der Waals surface area contributed by atoms with Crippen LogP contribution in [-0.4, -0.2) is 67.4 Å². The van der Waals surface area contributed by atoms with E-state index in [-0.39, 0.29) is 39.8 Å². The number of nitrogens with one attached hydrogen (secondary N) is 3. The van der Waals surface area contributed by atoms with Crippen molar-refractivity contribution >= 4 is 52.7 Å². The fourth-order valence-corrected chi connectivity index (χ4v) is 5.00. The molecule has 0 unspecified atom stereocenters. The number of rotatable bonds is 12. The molecule has 3 amide bonds. The first-order valence-electron chi connectivity index (χ1n) is 12.7. The SMILES string of the molecule is CC(C)C[C@H](NC(=O)[C@H]1CCCO1)C(=O)N[C@@H](C[C@@H]1CCNC1=O)C(=O)COC(=O)c1c(Cl)cccc1Cl. The largest absolute Gasteiger partial charge is 0.454 e. The third-order valence-corrected chi connectivity index (χ3v) is 7.09. The van der Waals surface area contributed by atoms with Crippen molar-refractivity contribution in [2.24, 2.45) is 11.8 Å². The number of benzene rings is 1. The summed E-state index contributed by atoms with van der Waals surface area (Å²) in [6, 6.07) is 2.46. The Bertz CT molecular complexity index is 1040. The van der Waals surface area contributed by atoms with E-state index in [2.05, 4.69) is 16.0 Å². The quantitative estimate of drug-likeness (QED) is 0.328. The number of ether oxygens (including phenoxy) is 2. The Morgan fingerprint density at radius 2 is 1.82 bits per heavy atom. The lowest BCUT2D eigenvalue weighted by molar-refractivity contribution is -0.136. The first kappa shape index (κ1) is 29.9. The first-order valence-corrected chi connectivity index (χ1v) is 13.5. The molecule has 0 bridgehead atoms. The van der Waals surface area contributed by atoms with Crippen LogP contribution >= 0.6 is 23.2 Å². The monoisotopic (exact) mass is 569 g/mol. The Morgan fingerprint density at radius 1 is 1.11 bits per heavy atom. The Morgan fingerprint density at radius 3 is 2.39 bits per heavy atom. The van der Waals surface area contributed by atoms with E-state index in [0.717, 1.165) is 6.42 Å². The van der Waals surface area contributed by atoms with Crippen LogP contribution in [0.5, 0.6) is 0 Å². The van der Waals surface area contributed by atoms with Gasteiger partial charge < -0.3 is 25.4 Å². The maximum absolute atomic E-state index is 13.3. The molecule has 0 spiro atoms. The van der Waals surface area contributed by atoms with Crippen molar-refractivity contribution in [2.75, 3.05) is 19.8 Å². The van der Waals surface area contributed by atoms with Crippen LogP contribution in [0, 0.1) is 11.8 Å². The number of carbonyl (C=O) groups excluding carboxylic acids is 5. The Labute approximate surface area is 231 Å². The van der Waals surface area contributed by atoms with E-state index in [4.69, 9.17) is 32.7 Å². The van der Waals surface area contributed by atoms with Gasteiger partial charge in [-0.2, -0.15) is 0 Å². The maximum Gasteiger partial charge on any atom is 0.341 e. The van der Waals surface area contributed by atoms with E-state index < -0.39 is 48.4 Å². The summed E-state index contributed by atoms with van der Waals surface area (Å²) in [5.74, 6) is -3.10. The normalized spacial score (nSPS) is 20.5. The van der Waals surface area contributed by atoms with Crippen LogP contribution in [0.2, 0.25) is 10.0 Å². The minimum Gasteiger partial charge on any atom is -0.454 e. The molecule has 0 saturated carbocycles. The van der Waals surface area contributed by atoms with Crippen LogP contribution < -0.4 is 16.0 Å². The van der Waals surface area contributed by atoms with Gasteiger partial charge in [-0.25, -0.2) is 4.79 Å². The van der Waals surface area contributed by atoms with E-state index >= 15 is 0 Å². The second-order valence-electron chi connectivity index (χ2n) is 9.90. The molecule has 0 aliphatic carbocycles. The third kappa shape index (κ3) is 8.15. The van der Waals surface area contributed by atoms with Gasteiger partial charge in [-0.05, 0) is 50.2 Å². The summed E-state index contributed by atoms with van der Waals surface area (Å²) in [5, 5.41) is 8.27. The van der Waals surface area contributed by atoms with Crippen LogP contribution in [0.15, 0.2) is 18.2 Å². The van der Waals surface area contributed by atoms with Gasteiger partial charge in [0.15, 0.2) is 12.4 Å². The molecule has 2 saturated heterocycles. The smallest absolute Gasteiger partial charge is 0.341 e. The summed E-state index contributed by atoms with van der Waals surface area (Å²) in [6.45, 7) is 4.09. The van der Waals surface area contributed by atoms with E-state index in [1.54, 1.807) is 6.07 Å². The standard InChI is InChI=1S/C26H33Cl2N3O7/c1-14(2)11-19(31-25(35)21-7-4-10-37-21)24(34)30-18(12-15-8-9-29-23(15)33)20(32)13-38-26(36)22-16(27)5-3-6-17(22)28/h3,5-6,14-15,18-19,21H,4,7-13H2,1-2H3,(H,29,33)(H,30,34)(H,31,35)/t15-,18-,19-,21+/m0/s1. The van der Waals surface area contributed by atoms with Gasteiger partial charge in [0.05, 0.1) is 21.7 Å². The summed E-state index contributed by atoms with van der Waals surface area (Å²) in [4.78, 5) is 63.8. The molecule has 2 heterocycles. The predicted octanol–water partition coefficient (Wildman–Crippen LogP) is 2.44. The number of hydrogen-bond acceptors (Lipinski definition) is 7. The minimum absolute atomic E-state index is 0.0227. The van der Waals surface area contributed by atoms with E-state index in [1.807, 2.05) is 13.8 Å². The molecule has 3 rings (SSSR count). The van der Waals surface area contributed by atoms with Crippen LogP contribution in [0.25, 0.3) is 0 Å². The van der Waals surface area contributed by atoms with Gasteiger partial charge in [0, 0.05) is 19.1 Å². The van der Waals surface area contributed by atoms with E-state index in [9.17, 15) is 24.0 Å². The molecule has 2 fully saturated rings. The number of amides is 3.